The van der Waals surface area contributed by atoms with Gasteiger partial charge in [-0.05, 0) is 54.2 Å². The maximum Gasteiger partial charge on any atom is 0.315 e. The zero-order valence-corrected chi connectivity index (χ0v) is 14.8. The van der Waals surface area contributed by atoms with Gasteiger partial charge in [-0.25, -0.2) is 4.79 Å². The number of methoxy groups -OCH3 is 1. The van der Waals surface area contributed by atoms with Crippen LogP contribution in [0.25, 0.3) is 5.69 Å². The van der Waals surface area contributed by atoms with E-state index in [1.165, 1.54) is 0 Å². The minimum absolute atomic E-state index is 0.227. The van der Waals surface area contributed by atoms with Crippen LogP contribution in [-0.2, 0) is 5.54 Å². The van der Waals surface area contributed by atoms with Crippen LogP contribution in [0.5, 0.6) is 5.75 Å². The van der Waals surface area contributed by atoms with Gasteiger partial charge in [0, 0.05) is 13.1 Å². The molecule has 0 aliphatic heterocycles. The molecule has 8 heteroatoms. The SMILES string of the molecule is CNC(=O)NC1(c2nnnn2-c2cccc(OC)c2)CCC(C)CC1. The second kappa shape index (κ2) is 7.08. The molecule has 8 nitrogen and oxygen atoms in total. The lowest BCUT2D eigenvalue weighted by Crippen LogP contribution is -2.52. The highest BCUT2D eigenvalue weighted by Gasteiger charge is 2.42. The predicted octanol–water partition coefficient (Wildman–Crippen LogP) is 2.01. The van der Waals surface area contributed by atoms with Gasteiger partial charge in [-0.2, -0.15) is 4.68 Å². The number of hydrogen-bond donors (Lipinski definition) is 2. The molecule has 0 radical (unpaired) electrons. The first-order valence-corrected chi connectivity index (χ1v) is 8.51. The number of ether oxygens (including phenoxy) is 1. The molecule has 0 saturated heterocycles. The third-order valence-electron chi connectivity index (χ3n) is 4.90. The summed E-state index contributed by atoms with van der Waals surface area (Å²) in [7, 11) is 3.23. The highest BCUT2D eigenvalue weighted by atomic mass is 16.5. The van der Waals surface area contributed by atoms with Crippen molar-refractivity contribution in [2.45, 2.75) is 38.1 Å². The molecule has 1 aliphatic rings. The molecule has 2 amide bonds. The Morgan fingerprint density at radius 2 is 2.12 bits per heavy atom. The molecule has 1 heterocycles. The third kappa shape index (κ3) is 3.42. The molecule has 0 atom stereocenters. The van der Waals surface area contributed by atoms with Crippen molar-refractivity contribution in [1.29, 1.82) is 0 Å². The molecule has 1 saturated carbocycles. The minimum Gasteiger partial charge on any atom is -0.497 e. The van der Waals surface area contributed by atoms with Gasteiger partial charge in [-0.1, -0.05) is 13.0 Å². The van der Waals surface area contributed by atoms with E-state index in [4.69, 9.17) is 4.74 Å². The van der Waals surface area contributed by atoms with Crippen LogP contribution in [0.4, 0.5) is 4.79 Å². The number of nitrogens with one attached hydrogen (secondary N) is 2. The van der Waals surface area contributed by atoms with E-state index in [1.54, 1.807) is 18.8 Å². The van der Waals surface area contributed by atoms with Crippen LogP contribution in [0.15, 0.2) is 24.3 Å². The molecular formula is C17H24N6O2. The van der Waals surface area contributed by atoms with E-state index in [9.17, 15) is 4.79 Å². The van der Waals surface area contributed by atoms with Crippen molar-refractivity contribution >= 4 is 6.03 Å². The molecule has 25 heavy (non-hydrogen) atoms. The van der Waals surface area contributed by atoms with E-state index < -0.39 is 5.54 Å². The normalized spacial score (nSPS) is 23.1. The molecule has 0 spiro atoms. The van der Waals surface area contributed by atoms with Crippen molar-refractivity contribution in [3.8, 4) is 11.4 Å². The van der Waals surface area contributed by atoms with Crippen LogP contribution in [0, 0.1) is 5.92 Å². The molecule has 3 rings (SSSR count). The lowest BCUT2D eigenvalue weighted by atomic mass is 9.76. The molecule has 134 valence electrons. The Hall–Kier alpha value is -2.64. The summed E-state index contributed by atoms with van der Waals surface area (Å²) < 4.78 is 6.99. The van der Waals surface area contributed by atoms with Crippen molar-refractivity contribution in [1.82, 2.24) is 30.8 Å². The second-order valence-corrected chi connectivity index (χ2v) is 6.58. The number of carbonyl (C=O) groups excluding carboxylic acids is 1. The predicted molar refractivity (Wildman–Crippen MR) is 92.6 cm³/mol. The molecule has 1 aliphatic carbocycles. The number of hydrogen-bond acceptors (Lipinski definition) is 5. The summed E-state index contributed by atoms with van der Waals surface area (Å²) in [5.41, 5.74) is 0.218. The Morgan fingerprint density at radius 1 is 1.36 bits per heavy atom. The summed E-state index contributed by atoms with van der Waals surface area (Å²) in [5.74, 6) is 2.00. The van der Waals surface area contributed by atoms with Crippen molar-refractivity contribution in [2.24, 2.45) is 5.92 Å². The van der Waals surface area contributed by atoms with Crippen molar-refractivity contribution in [3.63, 3.8) is 0 Å². The number of aromatic nitrogens is 4. The monoisotopic (exact) mass is 344 g/mol. The Morgan fingerprint density at radius 3 is 2.80 bits per heavy atom. The van der Waals surface area contributed by atoms with Gasteiger partial charge in [-0.3, -0.25) is 0 Å². The van der Waals surface area contributed by atoms with Gasteiger partial charge in [-0.15, -0.1) is 5.10 Å². The molecule has 1 aromatic heterocycles. The molecule has 1 aromatic carbocycles. The van der Waals surface area contributed by atoms with E-state index >= 15 is 0 Å². The Balaban J connectivity index is 2.02. The smallest absolute Gasteiger partial charge is 0.315 e. The van der Waals surface area contributed by atoms with Crippen LogP contribution >= 0.6 is 0 Å². The lowest BCUT2D eigenvalue weighted by Gasteiger charge is -2.38. The average Bonchev–Trinajstić information content (AvgIpc) is 3.14. The van der Waals surface area contributed by atoms with Gasteiger partial charge in [0.2, 0.25) is 0 Å². The maximum absolute atomic E-state index is 12.1. The molecular weight excluding hydrogens is 320 g/mol. The fourth-order valence-corrected chi connectivity index (χ4v) is 3.34. The van der Waals surface area contributed by atoms with Crippen LogP contribution in [0.3, 0.4) is 0 Å². The number of amides is 2. The number of benzene rings is 1. The van der Waals surface area contributed by atoms with E-state index in [0.29, 0.717) is 11.7 Å². The topological polar surface area (TPSA) is 94.0 Å². The Bertz CT molecular complexity index is 736. The molecule has 2 N–H and O–H groups in total. The van der Waals surface area contributed by atoms with Crippen molar-refractivity contribution < 1.29 is 9.53 Å². The number of urea groups is 1. The molecule has 0 unspecified atom stereocenters. The van der Waals surface area contributed by atoms with Gasteiger partial charge in [0.25, 0.3) is 0 Å². The first-order chi connectivity index (χ1) is 12.1. The van der Waals surface area contributed by atoms with Crippen molar-refractivity contribution in [2.75, 3.05) is 14.2 Å². The number of tetrazole rings is 1. The fourth-order valence-electron chi connectivity index (χ4n) is 3.34. The minimum atomic E-state index is -0.584. The molecule has 0 bridgehead atoms. The van der Waals surface area contributed by atoms with Gasteiger partial charge in [0.1, 0.15) is 11.3 Å². The zero-order valence-electron chi connectivity index (χ0n) is 14.8. The third-order valence-corrected chi connectivity index (χ3v) is 4.90. The Kier molecular flexibility index (Phi) is 4.87. The van der Waals surface area contributed by atoms with Gasteiger partial charge < -0.3 is 15.4 Å². The summed E-state index contributed by atoms with van der Waals surface area (Å²) in [6.45, 7) is 2.23. The van der Waals surface area contributed by atoms with E-state index in [0.717, 1.165) is 37.1 Å². The first kappa shape index (κ1) is 17.2. The van der Waals surface area contributed by atoms with Crippen LogP contribution in [-0.4, -0.2) is 40.4 Å². The number of carbonyl (C=O) groups is 1. The van der Waals surface area contributed by atoms with Gasteiger partial charge in [0.05, 0.1) is 12.8 Å². The summed E-state index contributed by atoms with van der Waals surface area (Å²) in [5, 5.41) is 18.1. The summed E-state index contributed by atoms with van der Waals surface area (Å²) in [4.78, 5) is 12.1. The van der Waals surface area contributed by atoms with Gasteiger partial charge in [0.15, 0.2) is 5.82 Å². The summed E-state index contributed by atoms with van der Waals surface area (Å²) >= 11 is 0. The van der Waals surface area contributed by atoms with Crippen LogP contribution in [0.1, 0.15) is 38.4 Å². The zero-order chi connectivity index (χ0) is 17.9. The largest absolute Gasteiger partial charge is 0.497 e. The molecule has 2 aromatic rings. The number of rotatable bonds is 4. The quantitative estimate of drug-likeness (QED) is 0.885. The highest BCUT2D eigenvalue weighted by Crippen LogP contribution is 2.39. The molecule has 1 fully saturated rings. The summed E-state index contributed by atoms with van der Waals surface area (Å²) in [6.07, 6.45) is 3.61. The second-order valence-electron chi connectivity index (χ2n) is 6.58. The highest BCUT2D eigenvalue weighted by molar-refractivity contribution is 5.74. The first-order valence-electron chi connectivity index (χ1n) is 8.51. The van der Waals surface area contributed by atoms with Crippen LogP contribution in [0.2, 0.25) is 0 Å². The Labute approximate surface area is 146 Å². The van der Waals surface area contributed by atoms with Crippen molar-refractivity contribution in [3.05, 3.63) is 30.1 Å². The number of nitrogens with zero attached hydrogens (tertiary/aromatic N) is 4. The van der Waals surface area contributed by atoms with Crippen LogP contribution < -0.4 is 15.4 Å². The van der Waals surface area contributed by atoms with E-state index in [1.807, 2.05) is 24.3 Å². The summed E-state index contributed by atoms with van der Waals surface area (Å²) in [6, 6.07) is 7.32. The van der Waals surface area contributed by atoms with E-state index in [2.05, 4.69) is 33.1 Å². The fraction of sp³-hybridized carbons (Fsp3) is 0.529. The maximum atomic E-state index is 12.1. The van der Waals surface area contributed by atoms with E-state index in [-0.39, 0.29) is 6.03 Å². The lowest BCUT2D eigenvalue weighted by molar-refractivity contribution is 0.177. The van der Waals surface area contributed by atoms with Gasteiger partial charge >= 0.3 is 6.03 Å². The standard InChI is InChI=1S/C17H24N6O2/c1-12-7-9-17(10-8-12,19-16(24)18-2)15-20-21-22-23(15)13-5-4-6-14(11-13)25-3/h4-6,11-12H,7-10H2,1-3H3,(H2,18,19,24). The average molecular weight is 344 g/mol.